The fourth-order valence-electron chi connectivity index (χ4n) is 3.14. The van der Waals surface area contributed by atoms with E-state index in [1.807, 2.05) is 54.2 Å². The minimum absolute atomic E-state index is 0.124. The van der Waals surface area contributed by atoms with E-state index in [0.29, 0.717) is 11.5 Å². The summed E-state index contributed by atoms with van der Waals surface area (Å²) in [4.78, 5) is 17.3. The van der Waals surface area contributed by atoms with E-state index in [2.05, 4.69) is 10.3 Å². The number of methoxy groups -OCH3 is 3. The highest BCUT2D eigenvalue weighted by Gasteiger charge is 2.21. The molecule has 0 aliphatic heterocycles. The lowest BCUT2D eigenvalue weighted by Crippen LogP contribution is -2.32. The highest BCUT2D eigenvalue weighted by Crippen LogP contribution is 2.28. The summed E-state index contributed by atoms with van der Waals surface area (Å²) in [6.07, 6.45) is 3.77. The first kappa shape index (κ1) is 20.3. The number of carbonyl (C=O) groups excluding carboxylic acids is 1. The van der Waals surface area contributed by atoms with Crippen LogP contribution in [-0.2, 0) is 18.3 Å². The molecule has 2 aromatic carbocycles. The number of aryl methyl sites for hydroxylation is 1. The molecule has 3 aromatic rings. The molecule has 1 aromatic heterocycles. The van der Waals surface area contributed by atoms with Gasteiger partial charge in [0.2, 0.25) is 5.91 Å². The predicted octanol–water partition coefficient (Wildman–Crippen LogP) is 2.89. The molecule has 0 aliphatic carbocycles. The molecule has 0 bridgehead atoms. The Kier molecular flexibility index (Phi) is 6.39. The van der Waals surface area contributed by atoms with Crippen molar-refractivity contribution in [2.75, 3.05) is 21.3 Å². The Labute approximate surface area is 170 Å². The van der Waals surface area contributed by atoms with Crippen molar-refractivity contribution in [2.24, 2.45) is 7.05 Å². The van der Waals surface area contributed by atoms with Crippen molar-refractivity contribution in [3.8, 4) is 17.2 Å². The van der Waals surface area contributed by atoms with Gasteiger partial charge < -0.3 is 24.1 Å². The quantitative estimate of drug-likeness (QED) is 0.635. The molecule has 7 heteroatoms. The van der Waals surface area contributed by atoms with Gasteiger partial charge in [0, 0.05) is 19.4 Å². The summed E-state index contributed by atoms with van der Waals surface area (Å²) in [5, 5.41) is 3.09. The van der Waals surface area contributed by atoms with Gasteiger partial charge in [0.25, 0.3) is 0 Å². The SMILES string of the molecule is COc1ccc(C(NC(=O)Cc2ccc(OC)c(OC)c2)c2nccn2C)cc1. The van der Waals surface area contributed by atoms with Gasteiger partial charge in [0.1, 0.15) is 17.6 Å². The fourth-order valence-corrected chi connectivity index (χ4v) is 3.14. The zero-order chi connectivity index (χ0) is 20.8. The molecule has 0 saturated carbocycles. The summed E-state index contributed by atoms with van der Waals surface area (Å²) in [7, 11) is 6.68. The molecule has 1 heterocycles. The molecule has 0 saturated heterocycles. The Morgan fingerprint density at radius 1 is 1.03 bits per heavy atom. The number of carbonyl (C=O) groups is 1. The molecule has 3 rings (SSSR count). The monoisotopic (exact) mass is 395 g/mol. The molecular formula is C22H25N3O4. The van der Waals surface area contributed by atoms with Gasteiger partial charge in [0.05, 0.1) is 27.8 Å². The van der Waals surface area contributed by atoms with Gasteiger partial charge in [0.15, 0.2) is 11.5 Å². The van der Waals surface area contributed by atoms with Crippen LogP contribution in [0, 0.1) is 0 Å². The fraction of sp³-hybridized carbons (Fsp3) is 0.273. The van der Waals surface area contributed by atoms with Gasteiger partial charge in [-0.15, -0.1) is 0 Å². The van der Waals surface area contributed by atoms with E-state index < -0.39 is 0 Å². The summed E-state index contributed by atoms with van der Waals surface area (Å²) in [6.45, 7) is 0. The van der Waals surface area contributed by atoms with Gasteiger partial charge in [-0.1, -0.05) is 18.2 Å². The number of benzene rings is 2. The molecule has 0 radical (unpaired) electrons. The van der Waals surface area contributed by atoms with E-state index in [1.54, 1.807) is 33.6 Å². The number of imidazole rings is 1. The average Bonchev–Trinajstić information content (AvgIpc) is 3.17. The molecule has 1 unspecified atom stereocenters. The molecule has 0 aliphatic rings. The van der Waals surface area contributed by atoms with Crippen molar-refractivity contribution in [3.05, 3.63) is 71.8 Å². The Morgan fingerprint density at radius 3 is 2.34 bits per heavy atom. The maximum Gasteiger partial charge on any atom is 0.225 e. The van der Waals surface area contributed by atoms with Gasteiger partial charge >= 0.3 is 0 Å². The molecule has 1 N–H and O–H groups in total. The lowest BCUT2D eigenvalue weighted by Gasteiger charge is -2.20. The maximum atomic E-state index is 12.8. The third-order valence-electron chi connectivity index (χ3n) is 4.68. The first-order valence-electron chi connectivity index (χ1n) is 9.17. The number of hydrogen-bond donors (Lipinski definition) is 1. The molecule has 7 nitrogen and oxygen atoms in total. The highest BCUT2D eigenvalue weighted by atomic mass is 16.5. The van der Waals surface area contributed by atoms with Crippen LogP contribution < -0.4 is 19.5 Å². The van der Waals surface area contributed by atoms with Gasteiger partial charge in [-0.3, -0.25) is 4.79 Å². The minimum Gasteiger partial charge on any atom is -0.497 e. The molecule has 152 valence electrons. The number of ether oxygens (including phenoxy) is 3. The number of aromatic nitrogens is 2. The molecule has 0 spiro atoms. The van der Waals surface area contributed by atoms with E-state index in [0.717, 1.165) is 22.7 Å². The van der Waals surface area contributed by atoms with E-state index in [9.17, 15) is 4.79 Å². The number of nitrogens with one attached hydrogen (secondary N) is 1. The van der Waals surface area contributed by atoms with E-state index in [4.69, 9.17) is 14.2 Å². The Hall–Kier alpha value is -3.48. The van der Waals surface area contributed by atoms with Gasteiger partial charge in [-0.2, -0.15) is 0 Å². The van der Waals surface area contributed by atoms with Crippen LogP contribution in [0.15, 0.2) is 54.9 Å². The Balaban J connectivity index is 1.82. The predicted molar refractivity (Wildman–Crippen MR) is 109 cm³/mol. The average molecular weight is 395 g/mol. The number of amides is 1. The summed E-state index contributed by atoms with van der Waals surface area (Å²) in [6, 6.07) is 12.7. The van der Waals surface area contributed by atoms with E-state index >= 15 is 0 Å². The minimum atomic E-state index is -0.381. The van der Waals surface area contributed by atoms with Crippen molar-refractivity contribution >= 4 is 5.91 Å². The normalized spacial score (nSPS) is 11.6. The topological polar surface area (TPSA) is 74.6 Å². The van der Waals surface area contributed by atoms with Crippen LogP contribution in [0.1, 0.15) is 23.0 Å². The van der Waals surface area contributed by atoms with Crippen molar-refractivity contribution in [2.45, 2.75) is 12.5 Å². The standard InChI is InChI=1S/C22H25N3O4/c1-25-12-11-23-22(25)21(16-6-8-17(27-2)9-7-16)24-20(26)14-15-5-10-18(28-3)19(13-15)29-4/h5-13,21H,14H2,1-4H3,(H,24,26). The first-order chi connectivity index (χ1) is 14.0. The lowest BCUT2D eigenvalue weighted by molar-refractivity contribution is -0.121. The molecule has 1 amide bonds. The van der Waals surface area contributed by atoms with Crippen molar-refractivity contribution in [1.82, 2.24) is 14.9 Å². The van der Waals surface area contributed by atoms with Crippen molar-refractivity contribution < 1.29 is 19.0 Å². The second-order valence-electron chi connectivity index (χ2n) is 6.54. The van der Waals surface area contributed by atoms with Crippen LogP contribution in [0.2, 0.25) is 0 Å². The van der Waals surface area contributed by atoms with Crippen LogP contribution in [0.4, 0.5) is 0 Å². The third-order valence-corrected chi connectivity index (χ3v) is 4.68. The molecular weight excluding hydrogens is 370 g/mol. The van der Waals surface area contributed by atoms with Crippen LogP contribution in [0.3, 0.4) is 0 Å². The molecule has 0 fully saturated rings. The van der Waals surface area contributed by atoms with E-state index in [1.165, 1.54) is 0 Å². The van der Waals surface area contributed by atoms with E-state index in [-0.39, 0.29) is 18.4 Å². The van der Waals surface area contributed by atoms with Crippen LogP contribution in [-0.4, -0.2) is 36.8 Å². The maximum absolute atomic E-state index is 12.8. The van der Waals surface area contributed by atoms with Gasteiger partial charge in [-0.25, -0.2) is 4.98 Å². The summed E-state index contributed by atoms with van der Waals surface area (Å²) in [5.41, 5.74) is 1.74. The van der Waals surface area contributed by atoms with Crippen LogP contribution in [0.25, 0.3) is 0 Å². The van der Waals surface area contributed by atoms with Crippen molar-refractivity contribution in [3.63, 3.8) is 0 Å². The number of nitrogens with zero attached hydrogens (tertiary/aromatic N) is 2. The molecule has 29 heavy (non-hydrogen) atoms. The summed E-state index contributed by atoms with van der Waals surface area (Å²) < 4.78 is 17.7. The zero-order valence-corrected chi connectivity index (χ0v) is 17.0. The zero-order valence-electron chi connectivity index (χ0n) is 17.0. The van der Waals surface area contributed by atoms with Crippen LogP contribution >= 0.6 is 0 Å². The number of hydrogen-bond acceptors (Lipinski definition) is 5. The van der Waals surface area contributed by atoms with Crippen LogP contribution in [0.5, 0.6) is 17.2 Å². The largest absolute Gasteiger partial charge is 0.497 e. The lowest BCUT2D eigenvalue weighted by atomic mass is 10.0. The second-order valence-corrected chi connectivity index (χ2v) is 6.54. The summed E-state index contributed by atoms with van der Waals surface area (Å²) >= 11 is 0. The Morgan fingerprint density at radius 2 is 1.76 bits per heavy atom. The summed E-state index contributed by atoms with van der Waals surface area (Å²) in [5.74, 6) is 2.59. The highest BCUT2D eigenvalue weighted by molar-refractivity contribution is 5.79. The number of rotatable bonds is 8. The Bertz CT molecular complexity index is 966. The first-order valence-corrected chi connectivity index (χ1v) is 9.17. The third kappa shape index (κ3) is 4.68. The smallest absolute Gasteiger partial charge is 0.225 e. The van der Waals surface area contributed by atoms with Crippen molar-refractivity contribution in [1.29, 1.82) is 0 Å². The second kappa shape index (κ2) is 9.14. The van der Waals surface area contributed by atoms with Gasteiger partial charge in [-0.05, 0) is 35.4 Å². The molecule has 1 atom stereocenters.